The Morgan fingerprint density at radius 2 is 1.62 bits per heavy atom. The first-order valence-corrected chi connectivity index (χ1v) is 3.97. The van der Waals surface area contributed by atoms with Gasteiger partial charge in [0.1, 0.15) is 0 Å². The van der Waals surface area contributed by atoms with Crippen molar-refractivity contribution in [1.82, 2.24) is 0 Å². The molecule has 0 aliphatic heterocycles. The molecule has 0 aliphatic carbocycles. The molecule has 7 heteroatoms. The molecular weight excluding hydrogens is 232 g/mol. The number of aliphatic hydroxyl groups is 1. The lowest BCUT2D eigenvalue weighted by atomic mass is 10.1. The van der Waals surface area contributed by atoms with Crippen LogP contribution in [-0.2, 0) is 4.74 Å². The smallest absolute Gasteiger partial charge is 0.198 e. The van der Waals surface area contributed by atoms with Crippen LogP contribution in [0.3, 0.4) is 0 Å². The number of aldehydes is 1. The van der Waals surface area contributed by atoms with Gasteiger partial charge in [-0.05, 0) is 0 Å². The van der Waals surface area contributed by atoms with Crippen LogP contribution in [0.25, 0.3) is 0 Å². The van der Waals surface area contributed by atoms with Crippen molar-refractivity contribution in [1.29, 1.82) is 0 Å². The summed E-state index contributed by atoms with van der Waals surface area (Å²) in [5.74, 6) is -7.98. The molecule has 1 N–H and O–H groups in total. The fraction of sp³-hybridized carbons (Fsp3) is 0.222. The van der Waals surface area contributed by atoms with Gasteiger partial charge in [-0.15, -0.1) is 0 Å². The van der Waals surface area contributed by atoms with E-state index in [-0.39, 0.29) is 6.29 Å². The first-order valence-electron chi connectivity index (χ1n) is 3.97. The largest absolute Gasteiger partial charge is 0.364 e. The zero-order valence-corrected chi connectivity index (χ0v) is 7.93. The van der Waals surface area contributed by atoms with Crippen LogP contribution in [0, 0.1) is 23.3 Å². The predicted molar refractivity (Wildman–Crippen MR) is 43.6 cm³/mol. The second-order valence-corrected chi connectivity index (χ2v) is 2.79. The lowest BCUT2D eigenvalue weighted by molar-refractivity contribution is -0.0799. The zero-order chi connectivity index (χ0) is 12.5. The first-order chi connectivity index (χ1) is 7.45. The molecule has 0 saturated heterocycles. The normalized spacial score (nSPS) is 12.6. The van der Waals surface area contributed by atoms with Gasteiger partial charge in [0.25, 0.3) is 0 Å². The molecule has 3 nitrogen and oxygen atoms in total. The third kappa shape index (κ3) is 1.79. The van der Waals surface area contributed by atoms with E-state index in [1.54, 1.807) is 0 Å². The van der Waals surface area contributed by atoms with E-state index < -0.39 is 40.7 Å². The highest BCUT2D eigenvalue weighted by Crippen LogP contribution is 2.28. The molecule has 1 aromatic carbocycles. The topological polar surface area (TPSA) is 46.5 Å². The summed E-state index contributed by atoms with van der Waals surface area (Å²) < 4.78 is 55.9. The minimum atomic E-state index is -2.12. The second-order valence-electron chi connectivity index (χ2n) is 2.79. The maximum atomic E-state index is 13.1. The summed E-state index contributed by atoms with van der Waals surface area (Å²) in [6.07, 6.45) is -2.30. The molecule has 0 amide bonds. The van der Waals surface area contributed by atoms with Crippen molar-refractivity contribution >= 4 is 6.29 Å². The Kier molecular flexibility index (Phi) is 3.61. The molecule has 1 rings (SSSR count). The van der Waals surface area contributed by atoms with Crippen molar-refractivity contribution in [2.45, 2.75) is 6.29 Å². The summed E-state index contributed by atoms with van der Waals surface area (Å²) in [6, 6.07) is 0. The molecule has 0 saturated carbocycles. The molecule has 0 aromatic heterocycles. The number of methoxy groups -OCH3 is 1. The number of carbonyl (C=O) groups is 1. The number of hydrogen-bond donors (Lipinski definition) is 1. The third-order valence-electron chi connectivity index (χ3n) is 1.93. The Bertz CT molecular complexity index is 433. The van der Waals surface area contributed by atoms with Crippen LogP contribution in [-0.4, -0.2) is 18.5 Å². The van der Waals surface area contributed by atoms with Gasteiger partial charge < -0.3 is 9.84 Å². The van der Waals surface area contributed by atoms with E-state index >= 15 is 0 Å². The lowest BCUT2D eigenvalue weighted by Gasteiger charge is -2.13. The maximum absolute atomic E-state index is 13.1. The molecule has 0 aliphatic rings. The van der Waals surface area contributed by atoms with E-state index in [2.05, 4.69) is 4.74 Å². The number of halogens is 4. The summed E-state index contributed by atoms with van der Waals surface area (Å²) >= 11 is 0. The Morgan fingerprint density at radius 1 is 1.12 bits per heavy atom. The van der Waals surface area contributed by atoms with Gasteiger partial charge in [0.15, 0.2) is 35.8 Å². The summed E-state index contributed by atoms with van der Waals surface area (Å²) in [4.78, 5) is 10.4. The molecule has 1 atom stereocenters. The molecule has 16 heavy (non-hydrogen) atoms. The van der Waals surface area contributed by atoms with Crippen LogP contribution in [0.5, 0.6) is 0 Å². The van der Waals surface area contributed by atoms with Gasteiger partial charge in [0.2, 0.25) is 0 Å². The third-order valence-corrected chi connectivity index (χ3v) is 1.93. The minimum absolute atomic E-state index is 0.238. The van der Waals surface area contributed by atoms with E-state index in [0.29, 0.717) is 0 Å². The molecule has 0 spiro atoms. The van der Waals surface area contributed by atoms with Gasteiger partial charge in [-0.2, -0.15) is 0 Å². The molecule has 1 aromatic rings. The van der Waals surface area contributed by atoms with Gasteiger partial charge in [-0.25, -0.2) is 17.6 Å². The van der Waals surface area contributed by atoms with Crippen molar-refractivity contribution in [3.63, 3.8) is 0 Å². The number of aliphatic hydroxyl groups excluding tert-OH is 1. The molecule has 0 heterocycles. The average Bonchev–Trinajstić information content (AvgIpc) is 2.29. The summed E-state index contributed by atoms with van der Waals surface area (Å²) in [5.41, 5.74) is -2.19. The SMILES string of the molecule is COC(O)c1c(F)c(F)c(F)c(F)c1C=O. The van der Waals surface area contributed by atoms with E-state index in [4.69, 9.17) is 5.11 Å². The number of benzene rings is 1. The first kappa shape index (κ1) is 12.6. The molecule has 0 fully saturated rings. The van der Waals surface area contributed by atoms with Gasteiger partial charge in [0, 0.05) is 7.11 Å². The van der Waals surface area contributed by atoms with Crippen molar-refractivity contribution in [3.05, 3.63) is 34.4 Å². The monoisotopic (exact) mass is 238 g/mol. The zero-order valence-electron chi connectivity index (χ0n) is 7.93. The lowest BCUT2D eigenvalue weighted by Crippen LogP contribution is -2.13. The number of ether oxygens (including phenoxy) is 1. The molecule has 0 radical (unpaired) electrons. The number of carbonyl (C=O) groups excluding carboxylic acids is 1. The van der Waals surface area contributed by atoms with E-state index in [1.807, 2.05) is 0 Å². The van der Waals surface area contributed by atoms with Crippen LogP contribution in [0.15, 0.2) is 0 Å². The summed E-state index contributed by atoms with van der Waals surface area (Å²) in [6.45, 7) is 0. The van der Waals surface area contributed by atoms with Crippen LogP contribution in [0.2, 0.25) is 0 Å². The molecule has 88 valence electrons. The van der Waals surface area contributed by atoms with Crippen LogP contribution in [0.4, 0.5) is 17.6 Å². The van der Waals surface area contributed by atoms with E-state index in [0.717, 1.165) is 7.11 Å². The van der Waals surface area contributed by atoms with Crippen molar-refractivity contribution in [2.75, 3.05) is 7.11 Å². The van der Waals surface area contributed by atoms with Crippen LogP contribution >= 0.6 is 0 Å². The van der Waals surface area contributed by atoms with Crippen molar-refractivity contribution < 1.29 is 32.2 Å². The molecule has 1 unspecified atom stereocenters. The second kappa shape index (κ2) is 4.58. The molecular formula is C9H6F4O3. The Labute approximate surface area is 87.3 Å². The average molecular weight is 238 g/mol. The fourth-order valence-corrected chi connectivity index (χ4v) is 1.14. The van der Waals surface area contributed by atoms with E-state index in [1.165, 1.54) is 0 Å². The van der Waals surface area contributed by atoms with Gasteiger partial charge in [-0.3, -0.25) is 4.79 Å². The quantitative estimate of drug-likeness (QED) is 0.286. The highest BCUT2D eigenvalue weighted by atomic mass is 19.2. The Morgan fingerprint density at radius 3 is 2.06 bits per heavy atom. The molecule has 0 bridgehead atoms. The summed E-state index contributed by atoms with van der Waals surface area (Å²) in [5, 5.41) is 9.08. The predicted octanol–water partition coefficient (Wildman–Crippen LogP) is 1.69. The van der Waals surface area contributed by atoms with Gasteiger partial charge >= 0.3 is 0 Å². The number of rotatable bonds is 3. The van der Waals surface area contributed by atoms with E-state index in [9.17, 15) is 22.4 Å². The highest BCUT2D eigenvalue weighted by Gasteiger charge is 2.28. The van der Waals surface area contributed by atoms with Crippen molar-refractivity contribution in [3.8, 4) is 0 Å². The Balaban J connectivity index is 3.64. The van der Waals surface area contributed by atoms with Crippen molar-refractivity contribution in [2.24, 2.45) is 0 Å². The Hall–Kier alpha value is -1.47. The highest BCUT2D eigenvalue weighted by molar-refractivity contribution is 5.78. The standard InChI is InChI=1S/C9H6F4O3/c1-16-9(15)4-3(2-14)5(10)7(12)8(13)6(4)11/h2,9,15H,1H3. The van der Waals surface area contributed by atoms with Gasteiger partial charge in [0.05, 0.1) is 11.1 Å². The number of hydrogen-bond acceptors (Lipinski definition) is 3. The van der Waals surface area contributed by atoms with Gasteiger partial charge in [-0.1, -0.05) is 0 Å². The minimum Gasteiger partial charge on any atom is -0.364 e. The fourth-order valence-electron chi connectivity index (χ4n) is 1.14. The maximum Gasteiger partial charge on any atom is 0.198 e. The summed E-state index contributed by atoms with van der Waals surface area (Å²) in [7, 11) is 0.915. The van der Waals surface area contributed by atoms with Crippen LogP contribution in [0.1, 0.15) is 22.2 Å². The van der Waals surface area contributed by atoms with Crippen LogP contribution < -0.4 is 0 Å².